The van der Waals surface area contributed by atoms with E-state index < -0.39 is 6.10 Å². The predicted molar refractivity (Wildman–Crippen MR) is 78.0 cm³/mol. The molecule has 1 rings (SSSR count). The fourth-order valence-corrected chi connectivity index (χ4v) is 2.42. The fourth-order valence-electron chi connectivity index (χ4n) is 1.76. The van der Waals surface area contributed by atoms with Crippen molar-refractivity contribution in [2.45, 2.75) is 24.3 Å². The van der Waals surface area contributed by atoms with Crippen LogP contribution in [-0.2, 0) is 0 Å². The van der Waals surface area contributed by atoms with Gasteiger partial charge >= 0.3 is 0 Å². The van der Waals surface area contributed by atoms with Crippen LogP contribution in [0.3, 0.4) is 0 Å². The molecule has 0 saturated heterocycles. The molecule has 0 fully saturated rings. The number of nitrogens with zero attached hydrogens (tertiary/aromatic N) is 1. The van der Waals surface area contributed by atoms with E-state index in [0.717, 1.165) is 5.56 Å². The summed E-state index contributed by atoms with van der Waals surface area (Å²) in [6.07, 6.45) is 1.34. The van der Waals surface area contributed by atoms with Crippen molar-refractivity contribution in [3.8, 4) is 6.07 Å². The highest BCUT2D eigenvalue weighted by molar-refractivity contribution is 7.99. The van der Waals surface area contributed by atoms with Crippen molar-refractivity contribution in [2.24, 2.45) is 0 Å². The number of thioether (sulfide) groups is 1. The average molecular weight is 280 g/mol. The number of aliphatic hydroxyl groups excluding tert-OH is 2. The van der Waals surface area contributed by atoms with E-state index >= 15 is 0 Å². The van der Waals surface area contributed by atoms with E-state index in [1.807, 2.05) is 19.2 Å². The third kappa shape index (κ3) is 4.84. The van der Waals surface area contributed by atoms with Gasteiger partial charge in [-0.2, -0.15) is 17.0 Å². The second kappa shape index (κ2) is 8.18. The molecule has 0 heterocycles. The summed E-state index contributed by atoms with van der Waals surface area (Å²) < 4.78 is 0. The molecule has 0 aliphatic carbocycles. The molecular weight excluding hydrogens is 260 g/mol. The van der Waals surface area contributed by atoms with E-state index in [9.17, 15) is 10.2 Å². The van der Waals surface area contributed by atoms with Crippen LogP contribution in [-0.4, -0.2) is 40.9 Å². The Hall–Kier alpha value is -1.06. The van der Waals surface area contributed by atoms with Crippen LogP contribution in [0.4, 0.5) is 0 Å². The van der Waals surface area contributed by atoms with Gasteiger partial charge in [-0.3, -0.25) is 0 Å². The first-order valence-electron chi connectivity index (χ1n) is 6.17. The SMILES string of the molecule is CSC(CO)C(C)NCC(O)c1ccc(C#N)cc1. The zero-order valence-corrected chi connectivity index (χ0v) is 12.0. The number of benzene rings is 1. The van der Waals surface area contributed by atoms with Gasteiger partial charge in [0.25, 0.3) is 0 Å². The number of nitrogens with one attached hydrogen (secondary N) is 1. The van der Waals surface area contributed by atoms with Crippen molar-refractivity contribution in [3.05, 3.63) is 35.4 Å². The molecule has 104 valence electrons. The molecule has 1 aromatic rings. The zero-order valence-electron chi connectivity index (χ0n) is 11.2. The van der Waals surface area contributed by atoms with Crippen LogP contribution < -0.4 is 5.32 Å². The summed E-state index contributed by atoms with van der Waals surface area (Å²) in [7, 11) is 0. The summed E-state index contributed by atoms with van der Waals surface area (Å²) in [6.45, 7) is 2.52. The average Bonchev–Trinajstić information content (AvgIpc) is 2.46. The van der Waals surface area contributed by atoms with Gasteiger partial charge in [0.05, 0.1) is 24.3 Å². The molecule has 1 aromatic carbocycles. The lowest BCUT2D eigenvalue weighted by molar-refractivity contribution is 0.167. The smallest absolute Gasteiger partial charge is 0.0991 e. The van der Waals surface area contributed by atoms with Crippen molar-refractivity contribution in [3.63, 3.8) is 0 Å². The van der Waals surface area contributed by atoms with Crippen LogP contribution in [0.25, 0.3) is 0 Å². The van der Waals surface area contributed by atoms with Crippen molar-refractivity contribution < 1.29 is 10.2 Å². The lowest BCUT2D eigenvalue weighted by Crippen LogP contribution is -2.39. The monoisotopic (exact) mass is 280 g/mol. The van der Waals surface area contributed by atoms with Crippen LogP contribution in [0.1, 0.15) is 24.2 Å². The maximum absolute atomic E-state index is 10.0. The second-order valence-corrected chi connectivity index (χ2v) is 5.48. The Labute approximate surface area is 118 Å². The molecule has 0 bridgehead atoms. The maximum atomic E-state index is 10.0. The first kappa shape index (κ1) is 16.0. The van der Waals surface area contributed by atoms with Crippen molar-refractivity contribution in [2.75, 3.05) is 19.4 Å². The number of aliphatic hydroxyl groups is 2. The van der Waals surface area contributed by atoms with Gasteiger partial charge in [-0.1, -0.05) is 12.1 Å². The fraction of sp³-hybridized carbons (Fsp3) is 0.500. The molecule has 0 aliphatic rings. The van der Waals surface area contributed by atoms with Crippen LogP contribution >= 0.6 is 11.8 Å². The topological polar surface area (TPSA) is 76.3 Å². The molecule has 0 radical (unpaired) electrons. The molecule has 0 spiro atoms. The van der Waals surface area contributed by atoms with Gasteiger partial charge in [0, 0.05) is 17.8 Å². The van der Waals surface area contributed by atoms with E-state index in [2.05, 4.69) is 5.32 Å². The van der Waals surface area contributed by atoms with E-state index in [1.54, 1.807) is 36.0 Å². The molecule has 0 aliphatic heterocycles. The number of nitriles is 1. The van der Waals surface area contributed by atoms with Crippen molar-refractivity contribution in [1.82, 2.24) is 5.32 Å². The molecular formula is C14H20N2O2S. The first-order valence-corrected chi connectivity index (χ1v) is 7.46. The van der Waals surface area contributed by atoms with Crippen molar-refractivity contribution in [1.29, 1.82) is 5.26 Å². The molecule has 19 heavy (non-hydrogen) atoms. The molecule has 5 heteroatoms. The van der Waals surface area contributed by atoms with Gasteiger partial charge in [0.15, 0.2) is 0 Å². The van der Waals surface area contributed by atoms with Crippen molar-refractivity contribution >= 4 is 11.8 Å². The lowest BCUT2D eigenvalue weighted by Gasteiger charge is -2.23. The predicted octanol–water partition coefficient (Wildman–Crippen LogP) is 1.29. The largest absolute Gasteiger partial charge is 0.395 e. The summed E-state index contributed by atoms with van der Waals surface area (Å²) in [5, 5.41) is 31.3. The third-order valence-corrected chi connectivity index (χ3v) is 4.26. The third-order valence-electron chi connectivity index (χ3n) is 3.10. The lowest BCUT2D eigenvalue weighted by atomic mass is 10.1. The minimum Gasteiger partial charge on any atom is -0.395 e. The minimum absolute atomic E-state index is 0.113. The summed E-state index contributed by atoms with van der Waals surface area (Å²) >= 11 is 1.60. The summed E-state index contributed by atoms with van der Waals surface area (Å²) in [5.74, 6) is 0. The van der Waals surface area contributed by atoms with Gasteiger partial charge < -0.3 is 15.5 Å². The number of hydrogen-bond donors (Lipinski definition) is 3. The Morgan fingerprint density at radius 2 is 2.00 bits per heavy atom. The van der Waals surface area contributed by atoms with Crippen LogP contribution in [0.2, 0.25) is 0 Å². The second-order valence-electron chi connectivity index (χ2n) is 4.40. The van der Waals surface area contributed by atoms with E-state index in [-0.39, 0.29) is 17.9 Å². The van der Waals surface area contributed by atoms with Crippen LogP contribution in [0.5, 0.6) is 0 Å². The van der Waals surface area contributed by atoms with Gasteiger partial charge in [0.1, 0.15) is 0 Å². The highest BCUT2D eigenvalue weighted by Crippen LogP contribution is 2.15. The van der Waals surface area contributed by atoms with Gasteiger partial charge in [0.2, 0.25) is 0 Å². The highest BCUT2D eigenvalue weighted by atomic mass is 32.2. The van der Waals surface area contributed by atoms with Gasteiger partial charge in [-0.05, 0) is 30.9 Å². The molecule has 3 atom stereocenters. The molecule has 4 nitrogen and oxygen atoms in total. The molecule has 0 amide bonds. The molecule has 3 unspecified atom stereocenters. The Morgan fingerprint density at radius 1 is 1.37 bits per heavy atom. The summed E-state index contributed by atoms with van der Waals surface area (Å²) in [4.78, 5) is 0. The summed E-state index contributed by atoms with van der Waals surface area (Å²) in [6, 6.07) is 9.07. The molecule has 3 N–H and O–H groups in total. The van der Waals surface area contributed by atoms with Crippen LogP contribution in [0.15, 0.2) is 24.3 Å². The number of hydrogen-bond acceptors (Lipinski definition) is 5. The van der Waals surface area contributed by atoms with E-state index in [1.165, 1.54) is 0 Å². The molecule has 0 aromatic heterocycles. The van der Waals surface area contributed by atoms with Gasteiger partial charge in [-0.15, -0.1) is 0 Å². The Kier molecular flexibility index (Phi) is 6.89. The van der Waals surface area contributed by atoms with Gasteiger partial charge in [-0.25, -0.2) is 0 Å². The first-order chi connectivity index (χ1) is 9.12. The van der Waals surface area contributed by atoms with E-state index in [4.69, 9.17) is 5.26 Å². The zero-order chi connectivity index (χ0) is 14.3. The standard InChI is InChI=1S/C14H20N2O2S/c1-10(14(9-17)19-2)16-8-13(18)12-5-3-11(7-15)4-6-12/h3-6,10,13-14,16-18H,8-9H2,1-2H3. The Balaban J connectivity index is 2.50. The minimum atomic E-state index is -0.614. The maximum Gasteiger partial charge on any atom is 0.0991 e. The Bertz CT molecular complexity index is 412. The summed E-state index contributed by atoms with van der Waals surface area (Å²) in [5.41, 5.74) is 1.36. The molecule has 0 saturated carbocycles. The normalized spacial score (nSPS) is 15.5. The van der Waals surface area contributed by atoms with E-state index in [0.29, 0.717) is 12.1 Å². The van der Waals surface area contributed by atoms with Crippen LogP contribution in [0, 0.1) is 11.3 Å². The highest BCUT2D eigenvalue weighted by Gasteiger charge is 2.16. The quantitative estimate of drug-likeness (QED) is 0.702. The number of rotatable bonds is 7. The Morgan fingerprint density at radius 3 is 2.47 bits per heavy atom.